The molecule has 8 heteroatoms. The van der Waals surface area contributed by atoms with Gasteiger partial charge in [-0.25, -0.2) is 4.79 Å². The van der Waals surface area contributed by atoms with E-state index in [0.717, 1.165) is 33.3 Å². The fourth-order valence-electron chi connectivity index (χ4n) is 5.15. The number of anilines is 1. The minimum atomic E-state index is -1.12. The summed E-state index contributed by atoms with van der Waals surface area (Å²) in [4.78, 5) is 52.6. The van der Waals surface area contributed by atoms with Crippen LogP contribution >= 0.6 is 0 Å². The molecule has 0 saturated carbocycles. The van der Waals surface area contributed by atoms with Gasteiger partial charge in [-0.2, -0.15) is 0 Å². The van der Waals surface area contributed by atoms with Crippen LogP contribution in [0.25, 0.3) is 21.8 Å². The van der Waals surface area contributed by atoms with Gasteiger partial charge in [-0.15, -0.1) is 0 Å². The summed E-state index contributed by atoms with van der Waals surface area (Å²) in [6, 6.07) is 19.1. The van der Waals surface area contributed by atoms with E-state index in [-0.39, 0.29) is 23.5 Å². The smallest absolute Gasteiger partial charge is 0.329 e. The number of aromatic nitrogens is 1. The summed E-state index contributed by atoms with van der Waals surface area (Å²) in [5, 5.41) is 4.89. The minimum absolute atomic E-state index is 0.00247. The molecule has 1 aliphatic rings. The number of aryl methyl sites for hydroxylation is 1. The molecule has 0 fully saturated rings. The van der Waals surface area contributed by atoms with Crippen molar-refractivity contribution in [3.63, 3.8) is 0 Å². The SMILES string of the molecule is CCn1c2ccccc2c2cc(NC(=O)COC(=O)C(CC(C)C)N3C(=O)c4ccccc4C3=O)ccc21. The number of esters is 1. The number of hydrogen-bond acceptors (Lipinski definition) is 5. The fourth-order valence-corrected chi connectivity index (χ4v) is 5.15. The van der Waals surface area contributed by atoms with Crippen LogP contribution in [0.2, 0.25) is 0 Å². The van der Waals surface area contributed by atoms with Gasteiger partial charge in [-0.05, 0) is 55.7 Å². The van der Waals surface area contributed by atoms with E-state index in [9.17, 15) is 19.2 Å². The molecule has 2 heterocycles. The highest BCUT2D eigenvalue weighted by molar-refractivity contribution is 6.22. The molecule has 0 radical (unpaired) electrons. The van der Waals surface area contributed by atoms with Gasteiger partial charge in [0.1, 0.15) is 6.04 Å². The normalized spacial score (nSPS) is 13.8. The Morgan fingerprint density at radius 1 is 0.868 bits per heavy atom. The Morgan fingerprint density at radius 3 is 2.16 bits per heavy atom. The molecule has 0 aliphatic carbocycles. The van der Waals surface area contributed by atoms with E-state index in [2.05, 4.69) is 22.9 Å². The van der Waals surface area contributed by atoms with Crippen LogP contribution in [0.3, 0.4) is 0 Å². The maximum Gasteiger partial charge on any atom is 0.329 e. The number of imide groups is 1. The van der Waals surface area contributed by atoms with Crippen molar-refractivity contribution in [2.45, 2.75) is 39.8 Å². The summed E-state index contributed by atoms with van der Waals surface area (Å²) in [6.07, 6.45) is 0.226. The van der Waals surface area contributed by atoms with Crippen LogP contribution < -0.4 is 5.32 Å². The lowest BCUT2D eigenvalue weighted by atomic mass is 10.0. The zero-order valence-corrected chi connectivity index (χ0v) is 21.6. The van der Waals surface area contributed by atoms with Crippen molar-refractivity contribution in [1.29, 1.82) is 0 Å². The van der Waals surface area contributed by atoms with Crippen molar-refractivity contribution in [3.8, 4) is 0 Å². The van der Waals surface area contributed by atoms with Crippen LogP contribution in [-0.2, 0) is 20.9 Å². The number of rotatable bonds is 8. The first kappa shape index (κ1) is 25.2. The average Bonchev–Trinajstić information content (AvgIpc) is 3.36. The zero-order chi connectivity index (χ0) is 27.0. The molecule has 1 N–H and O–H groups in total. The van der Waals surface area contributed by atoms with Gasteiger partial charge in [-0.3, -0.25) is 19.3 Å². The lowest BCUT2D eigenvalue weighted by molar-refractivity contribution is -0.151. The molecule has 3 aromatic carbocycles. The van der Waals surface area contributed by atoms with Crippen LogP contribution in [-0.4, -0.2) is 45.8 Å². The predicted molar refractivity (Wildman–Crippen MR) is 145 cm³/mol. The maximum atomic E-state index is 13.1. The number of benzene rings is 3. The molecule has 3 amide bonds. The molecule has 8 nitrogen and oxygen atoms in total. The molecular weight excluding hydrogens is 482 g/mol. The van der Waals surface area contributed by atoms with Crippen LogP contribution in [0.5, 0.6) is 0 Å². The third kappa shape index (κ3) is 4.42. The summed E-state index contributed by atoms with van der Waals surface area (Å²) >= 11 is 0. The van der Waals surface area contributed by atoms with Crippen LogP contribution in [0.1, 0.15) is 47.9 Å². The van der Waals surface area contributed by atoms with E-state index >= 15 is 0 Å². The summed E-state index contributed by atoms with van der Waals surface area (Å²) in [5.74, 6) is -2.36. The van der Waals surface area contributed by atoms with Gasteiger partial charge in [-0.1, -0.05) is 44.2 Å². The number of para-hydroxylation sites is 1. The Hall–Kier alpha value is -4.46. The first-order valence-corrected chi connectivity index (χ1v) is 12.7. The van der Waals surface area contributed by atoms with Gasteiger partial charge >= 0.3 is 5.97 Å². The number of ether oxygens (including phenoxy) is 1. The Kier molecular flexibility index (Phi) is 6.72. The van der Waals surface area contributed by atoms with Gasteiger partial charge in [0.15, 0.2) is 6.61 Å². The number of fused-ring (bicyclic) bond motifs is 4. The molecule has 0 saturated heterocycles. The summed E-state index contributed by atoms with van der Waals surface area (Å²) < 4.78 is 7.54. The van der Waals surface area contributed by atoms with Crippen molar-refractivity contribution in [3.05, 3.63) is 77.9 Å². The lowest BCUT2D eigenvalue weighted by Crippen LogP contribution is -2.46. The molecular formula is C30H29N3O5. The zero-order valence-electron chi connectivity index (χ0n) is 21.6. The highest BCUT2D eigenvalue weighted by Gasteiger charge is 2.43. The topological polar surface area (TPSA) is 97.7 Å². The van der Waals surface area contributed by atoms with Crippen LogP contribution in [0, 0.1) is 5.92 Å². The lowest BCUT2D eigenvalue weighted by Gasteiger charge is -2.25. The number of hydrogen-bond donors (Lipinski definition) is 1. The van der Waals surface area contributed by atoms with Crippen LogP contribution in [0.15, 0.2) is 66.7 Å². The highest BCUT2D eigenvalue weighted by Crippen LogP contribution is 2.31. The summed E-state index contributed by atoms with van der Waals surface area (Å²) in [7, 11) is 0. The van der Waals surface area contributed by atoms with Crippen molar-refractivity contribution in [2.24, 2.45) is 5.92 Å². The Labute approximate surface area is 220 Å². The van der Waals surface area contributed by atoms with E-state index in [1.807, 2.05) is 50.2 Å². The average molecular weight is 512 g/mol. The second-order valence-corrected chi connectivity index (χ2v) is 9.82. The maximum absolute atomic E-state index is 13.1. The number of nitrogens with zero attached hydrogens (tertiary/aromatic N) is 2. The molecule has 5 rings (SSSR count). The third-order valence-electron chi connectivity index (χ3n) is 6.82. The number of carbonyl (C=O) groups excluding carboxylic acids is 4. The molecule has 1 aromatic heterocycles. The van der Waals surface area contributed by atoms with Crippen molar-refractivity contribution in [2.75, 3.05) is 11.9 Å². The highest BCUT2D eigenvalue weighted by atomic mass is 16.5. The monoisotopic (exact) mass is 511 g/mol. The molecule has 1 atom stereocenters. The van der Waals surface area contributed by atoms with Crippen molar-refractivity contribution < 1.29 is 23.9 Å². The van der Waals surface area contributed by atoms with Gasteiger partial charge in [0.05, 0.1) is 11.1 Å². The van der Waals surface area contributed by atoms with E-state index in [0.29, 0.717) is 5.69 Å². The van der Waals surface area contributed by atoms with Crippen molar-refractivity contribution >= 4 is 51.2 Å². The second kappa shape index (κ2) is 10.1. The predicted octanol–water partition coefficient (Wildman–Crippen LogP) is 5.01. The van der Waals surface area contributed by atoms with E-state index < -0.39 is 36.3 Å². The molecule has 1 unspecified atom stereocenters. The van der Waals surface area contributed by atoms with Crippen LogP contribution in [0.4, 0.5) is 5.69 Å². The standard InChI is InChI=1S/C30H29N3O5/c1-4-32-24-12-8-7-9-20(24)23-16-19(13-14-25(23)32)31-27(34)17-38-30(37)26(15-18(2)3)33-28(35)21-10-5-6-11-22(21)29(33)36/h5-14,16,18,26H,4,15,17H2,1-3H3,(H,31,34). The Balaban J connectivity index is 1.30. The fraction of sp³-hybridized carbons (Fsp3) is 0.267. The van der Waals surface area contributed by atoms with Gasteiger partial charge < -0.3 is 14.6 Å². The second-order valence-electron chi connectivity index (χ2n) is 9.82. The van der Waals surface area contributed by atoms with Gasteiger partial charge in [0.25, 0.3) is 17.7 Å². The summed E-state index contributed by atoms with van der Waals surface area (Å²) in [6.45, 7) is 6.14. The van der Waals surface area contributed by atoms with E-state index in [1.54, 1.807) is 24.3 Å². The quantitative estimate of drug-likeness (QED) is 0.265. The molecule has 1 aliphatic heterocycles. The first-order chi connectivity index (χ1) is 18.3. The molecule has 0 spiro atoms. The van der Waals surface area contributed by atoms with E-state index in [4.69, 9.17) is 4.74 Å². The number of amides is 3. The molecule has 38 heavy (non-hydrogen) atoms. The van der Waals surface area contributed by atoms with Crippen molar-refractivity contribution in [1.82, 2.24) is 9.47 Å². The minimum Gasteiger partial charge on any atom is -0.454 e. The Morgan fingerprint density at radius 2 is 1.50 bits per heavy atom. The van der Waals surface area contributed by atoms with Gasteiger partial charge in [0, 0.05) is 34.0 Å². The van der Waals surface area contributed by atoms with E-state index in [1.165, 1.54) is 0 Å². The Bertz CT molecular complexity index is 1550. The molecule has 4 aromatic rings. The third-order valence-corrected chi connectivity index (χ3v) is 6.82. The van der Waals surface area contributed by atoms with Gasteiger partial charge in [0.2, 0.25) is 0 Å². The number of carbonyl (C=O) groups is 4. The number of nitrogens with one attached hydrogen (secondary N) is 1. The first-order valence-electron chi connectivity index (χ1n) is 12.7. The summed E-state index contributed by atoms with van der Waals surface area (Å²) in [5.41, 5.74) is 3.28. The molecule has 0 bridgehead atoms. The largest absolute Gasteiger partial charge is 0.454 e. The molecule has 194 valence electrons.